The average Bonchev–Trinajstić information content (AvgIpc) is 2.73. The average molecular weight is 425 g/mol. The third kappa shape index (κ3) is 9.68. The van der Waals surface area contributed by atoms with E-state index in [1.807, 2.05) is 0 Å². The molecule has 1 saturated carbocycles. The van der Waals surface area contributed by atoms with Crippen LogP contribution in [-0.2, 0) is 4.74 Å². The predicted molar refractivity (Wildman–Crippen MR) is 119 cm³/mol. The van der Waals surface area contributed by atoms with Crippen LogP contribution < -0.4 is 0 Å². The van der Waals surface area contributed by atoms with Gasteiger partial charge in [-0.3, -0.25) is 0 Å². The van der Waals surface area contributed by atoms with Crippen LogP contribution in [0.4, 0.5) is 13.2 Å². The van der Waals surface area contributed by atoms with Crippen molar-refractivity contribution in [3.63, 3.8) is 0 Å². The maximum Gasteiger partial charge on any atom is 0.271 e. The van der Waals surface area contributed by atoms with E-state index in [2.05, 4.69) is 6.92 Å². The van der Waals surface area contributed by atoms with Gasteiger partial charge in [-0.05, 0) is 49.7 Å². The van der Waals surface area contributed by atoms with Gasteiger partial charge in [0.1, 0.15) is 5.82 Å². The molecule has 1 aromatic rings. The number of hydrogen-bond acceptors (Lipinski definition) is 1. The number of halogens is 3. The summed E-state index contributed by atoms with van der Waals surface area (Å²) in [6.07, 6.45) is 16.2. The van der Waals surface area contributed by atoms with Crippen LogP contribution in [0.25, 0.3) is 6.08 Å². The highest BCUT2D eigenvalue weighted by molar-refractivity contribution is 5.51. The Kier molecular flexibility index (Phi) is 12.2. The van der Waals surface area contributed by atoms with Crippen LogP contribution in [0, 0.1) is 5.82 Å². The summed E-state index contributed by atoms with van der Waals surface area (Å²) in [5, 5.41) is 0. The molecule has 1 nitrogen and oxygen atoms in total. The molecule has 4 heteroatoms. The Morgan fingerprint density at radius 3 is 2.07 bits per heavy atom. The molecule has 0 aliphatic heterocycles. The van der Waals surface area contributed by atoms with Gasteiger partial charge in [-0.1, -0.05) is 76.8 Å². The molecule has 0 saturated heterocycles. The zero-order valence-electron chi connectivity index (χ0n) is 18.6. The molecule has 1 aliphatic rings. The normalized spacial score (nSPS) is 19.1. The molecule has 0 radical (unpaired) electrons. The zero-order valence-corrected chi connectivity index (χ0v) is 18.6. The molecule has 170 valence electrons. The minimum absolute atomic E-state index is 0.0488. The lowest BCUT2D eigenvalue weighted by atomic mass is 9.82. The molecular weight excluding hydrogens is 385 g/mol. The van der Waals surface area contributed by atoms with Crippen molar-refractivity contribution in [2.45, 2.75) is 109 Å². The van der Waals surface area contributed by atoms with Crippen molar-refractivity contribution in [2.75, 3.05) is 6.61 Å². The Bertz CT molecular complexity index is 617. The van der Waals surface area contributed by atoms with Gasteiger partial charge < -0.3 is 4.74 Å². The van der Waals surface area contributed by atoms with Crippen molar-refractivity contribution in [3.05, 3.63) is 41.2 Å². The number of unbranched alkanes of at least 4 members (excludes halogenated alkanes) is 9. The molecule has 0 bridgehead atoms. The summed E-state index contributed by atoms with van der Waals surface area (Å²) in [7, 11) is 0. The lowest BCUT2D eigenvalue weighted by Gasteiger charge is -2.29. The summed E-state index contributed by atoms with van der Waals surface area (Å²) in [5.74, 6) is -0.274. The number of benzene rings is 1. The highest BCUT2D eigenvalue weighted by Gasteiger charge is 2.23. The maximum absolute atomic E-state index is 14.0. The quantitative estimate of drug-likeness (QED) is 0.271. The van der Waals surface area contributed by atoms with E-state index in [0.717, 1.165) is 44.3 Å². The van der Waals surface area contributed by atoms with E-state index in [9.17, 15) is 13.2 Å². The van der Waals surface area contributed by atoms with E-state index in [1.54, 1.807) is 6.07 Å². The number of ether oxygens (including phenoxy) is 1. The molecule has 1 aliphatic carbocycles. The van der Waals surface area contributed by atoms with Gasteiger partial charge in [0, 0.05) is 18.2 Å². The zero-order chi connectivity index (χ0) is 21.6. The van der Waals surface area contributed by atoms with Gasteiger partial charge in [0.15, 0.2) is 0 Å². The van der Waals surface area contributed by atoms with Crippen molar-refractivity contribution in [1.29, 1.82) is 0 Å². The lowest BCUT2D eigenvalue weighted by Crippen LogP contribution is -2.21. The standard InChI is InChI=1S/C26H39F3O/c1-2-3-4-5-6-7-8-9-10-11-18-30-24-16-14-21(15-17-24)22-12-13-23(20-26(28)29)25(27)19-22/h12-13,19-21,24H,2-11,14-18H2,1H3/t21-,24-. The molecule has 0 heterocycles. The van der Waals surface area contributed by atoms with Gasteiger partial charge in [-0.25, -0.2) is 4.39 Å². The Hall–Kier alpha value is -1.29. The Morgan fingerprint density at radius 1 is 0.900 bits per heavy atom. The van der Waals surface area contributed by atoms with Crippen LogP contribution in [0.2, 0.25) is 0 Å². The van der Waals surface area contributed by atoms with Gasteiger partial charge in [-0.15, -0.1) is 0 Å². The number of rotatable bonds is 14. The topological polar surface area (TPSA) is 9.23 Å². The van der Waals surface area contributed by atoms with Gasteiger partial charge >= 0.3 is 0 Å². The second kappa shape index (κ2) is 14.7. The van der Waals surface area contributed by atoms with Crippen LogP contribution >= 0.6 is 0 Å². The summed E-state index contributed by atoms with van der Waals surface area (Å²) < 4.78 is 44.8. The van der Waals surface area contributed by atoms with Gasteiger partial charge in [0.25, 0.3) is 6.08 Å². The van der Waals surface area contributed by atoms with Crippen LogP contribution in [0.5, 0.6) is 0 Å². The molecule has 0 unspecified atom stereocenters. The Morgan fingerprint density at radius 2 is 1.50 bits per heavy atom. The minimum atomic E-state index is -1.87. The molecule has 0 atom stereocenters. The van der Waals surface area contributed by atoms with E-state index in [1.165, 1.54) is 69.9 Å². The lowest BCUT2D eigenvalue weighted by molar-refractivity contribution is 0.0226. The van der Waals surface area contributed by atoms with Crippen molar-refractivity contribution >= 4 is 6.08 Å². The van der Waals surface area contributed by atoms with Crippen molar-refractivity contribution in [3.8, 4) is 0 Å². The predicted octanol–water partition coefficient (Wildman–Crippen LogP) is 9.03. The monoisotopic (exact) mass is 424 g/mol. The summed E-state index contributed by atoms with van der Waals surface area (Å²) in [4.78, 5) is 0. The third-order valence-corrected chi connectivity index (χ3v) is 6.29. The highest BCUT2D eigenvalue weighted by atomic mass is 19.3. The summed E-state index contributed by atoms with van der Waals surface area (Å²) >= 11 is 0. The molecule has 0 aromatic heterocycles. The Balaban J connectivity index is 1.54. The molecule has 1 fully saturated rings. The fraction of sp³-hybridized carbons (Fsp3) is 0.692. The minimum Gasteiger partial charge on any atom is -0.378 e. The van der Waals surface area contributed by atoms with Crippen LogP contribution in [0.15, 0.2) is 24.3 Å². The van der Waals surface area contributed by atoms with Crippen LogP contribution in [0.1, 0.15) is 114 Å². The first-order valence-corrected chi connectivity index (χ1v) is 12.0. The van der Waals surface area contributed by atoms with E-state index >= 15 is 0 Å². The van der Waals surface area contributed by atoms with Crippen molar-refractivity contribution in [1.82, 2.24) is 0 Å². The first-order chi connectivity index (χ1) is 14.6. The molecular formula is C26H39F3O. The third-order valence-electron chi connectivity index (χ3n) is 6.29. The van der Waals surface area contributed by atoms with E-state index in [4.69, 9.17) is 4.74 Å². The van der Waals surface area contributed by atoms with Gasteiger partial charge in [0.05, 0.1) is 6.10 Å². The first kappa shape index (κ1) is 25.0. The molecule has 0 amide bonds. The largest absolute Gasteiger partial charge is 0.378 e. The maximum atomic E-state index is 14.0. The summed E-state index contributed by atoms with van der Waals surface area (Å²) in [6.45, 7) is 3.10. The SMILES string of the molecule is CCCCCCCCCCCCO[C@H]1CC[C@H](c2ccc(C=C(F)F)c(F)c2)CC1. The van der Waals surface area contributed by atoms with Gasteiger partial charge in [0.2, 0.25) is 0 Å². The molecule has 0 spiro atoms. The fourth-order valence-electron chi connectivity index (χ4n) is 4.43. The van der Waals surface area contributed by atoms with E-state index in [0.29, 0.717) is 18.1 Å². The summed E-state index contributed by atoms with van der Waals surface area (Å²) in [5.41, 5.74) is 0.865. The molecule has 30 heavy (non-hydrogen) atoms. The van der Waals surface area contributed by atoms with E-state index in [-0.39, 0.29) is 5.56 Å². The smallest absolute Gasteiger partial charge is 0.271 e. The summed E-state index contributed by atoms with van der Waals surface area (Å²) in [6, 6.07) is 4.66. The second-order valence-corrected chi connectivity index (χ2v) is 8.74. The van der Waals surface area contributed by atoms with Crippen molar-refractivity contribution in [2.24, 2.45) is 0 Å². The molecule has 2 rings (SSSR count). The van der Waals surface area contributed by atoms with Crippen LogP contribution in [-0.4, -0.2) is 12.7 Å². The van der Waals surface area contributed by atoms with E-state index < -0.39 is 11.9 Å². The Labute approximate surface area is 181 Å². The highest BCUT2D eigenvalue weighted by Crippen LogP contribution is 2.35. The van der Waals surface area contributed by atoms with Gasteiger partial charge in [-0.2, -0.15) is 8.78 Å². The van der Waals surface area contributed by atoms with Crippen molar-refractivity contribution < 1.29 is 17.9 Å². The second-order valence-electron chi connectivity index (χ2n) is 8.74. The molecule has 1 aromatic carbocycles. The van der Waals surface area contributed by atoms with Crippen LogP contribution in [0.3, 0.4) is 0 Å². The number of hydrogen-bond donors (Lipinski definition) is 0. The fourth-order valence-corrected chi connectivity index (χ4v) is 4.43. The molecule has 0 N–H and O–H groups in total. The first-order valence-electron chi connectivity index (χ1n) is 12.0.